The molecule has 1 aliphatic heterocycles. The standard InChI is InChI=1S/C31H45N3O5/c1-22-19-34(23(2)21-35)31(37)27-18-26(32-30(36)17-25-12-7-6-8-13-25)14-15-28(27)39-24(3)11-9-10-16-38-29(22)20-33(4)5/h6-8,12-15,18,22-24,29,35H,9-11,16-17,19-21H2,1-5H3,(H,32,36)/t22-,23+,24+,29+/m0/s1. The molecule has 0 fully saturated rings. The summed E-state index contributed by atoms with van der Waals surface area (Å²) in [5, 5.41) is 13.0. The number of carbonyl (C=O) groups is 2. The van der Waals surface area contributed by atoms with Crippen molar-refractivity contribution in [2.24, 2.45) is 5.92 Å². The Balaban J connectivity index is 1.93. The maximum absolute atomic E-state index is 14.1. The number of amides is 2. The smallest absolute Gasteiger partial charge is 0.258 e. The van der Waals surface area contributed by atoms with Gasteiger partial charge < -0.3 is 29.7 Å². The highest BCUT2D eigenvalue weighted by atomic mass is 16.5. The van der Waals surface area contributed by atoms with Gasteiger partial charge in [-0.1, -0.05) is 37.3 Å². The van der Waals surface area contributed by atoms with Crippen LogP contribution in [0.25, 0.3) is 0 Å². The number of rotatable bonds is 7. The normalized spacial score (nSPS) is 22.0. The molecular weight excluding hydrogens is 494 g/mol. The van der Waals surface area contributed by atoms with Crippen LogP contribution in [-0.2, 0) is 16.0 Å². The van der Waals surface area contributed by atoms with E-state index in [1.54, 1.807) is 23.1 Å². The molecular formula is C31H45N3O5. The molecule has 3 rings (SSSR count). The van der Waals surface area contributed by atoms with Gasteiger partial charge in [-0.3, -0.25) is 9.59 Å². The molecule has 0 saturated heterocycles. The van der Waals surface area contributed by atoms with Crippen LogP contribution in [0.2, 0.25) is 0 Å². The molecule has 0 bridgehead atoms. The second-order valence-electron chi connectivity index (χ2n) is 11.0. The Kier molecular flexibility index (Phi) is 11.8. The van der Waals surface area contributed by atoms with Gasteiger partial charge in [0.15, 0.2) is 0 Å². The maximum atomic E-state index is 14.1. The van der Waals surface area contributed by atoms with E-state index in [4.69, 9.17) is 9.47 Å². The van der Waals surface area contributed by atoms with E-state index in [1.165, 1.54) is 0 Å². The topological polar surface area (TPSA) is 91.3 Å². The summed E-state index contributed by atoms with van der Waals surface area (Å²) in [4.78, 5) is 30.6. The Hall–Kier alpha value is -2.94. The van der Waals surface area contributed by atoms with E-state index in [1.807, 2.05) is 58.3 Å². The molecule has 2 aromatic carbocycles. The average Bonchev–Trinajstić information content (AvgIpc) is 2.90. The fraction of sp³-hybridized carbons (Fsp3) is 0.548. The van der Waals surface area contributed by atoms with Crippen LogP contribution < -0.4 is 10.1 Å². The van der Waals surface area contributed by atoms with Crippen molar-refractivity contribution in [3.05, 3.63) is 59.7 Å². The van der Waals surface area contributed by atoms with Crippen LogP contribution in [0.3, 0.4) is 0 Å². The lowest BCUT2D eigenvalue weighted by Gasteiger charge is -2.35. The van der Waals surface area contributed by atoms with E-state index in [2.05, 4.69) is 17.1 Å². The quantitative estimate of drug-likeness (QED) is 0.548. The van der Waals surface area contributed by atoms with Crippen LogP contribution >= 0.6 is 0 Å². The zero-order valence-electron chi connectivity index (χ0n) is 24.1. The highest BCUT2D eigenvalue weighted by Crippen LogP contribution is 2.28. The molecule has 8 nitrogen and oxygen atoms in total. The first kappa shape index (κ1) is 30.6. The number of nitrogens with one attached hydrogen (secondary N) is 1. The van der Waals surface area contributed by atoms with Crippen LogP contribution in [0.5, 0.6) is 5.75 Å². The molecule has 0 spiro atoms. The number of hydrogen-bond acceptors (Lipinski definition) is 6. The molecule has 8 heteroatoms. The third-order valence-corrected chi connectivity index (χ3v) is 7.09. The van der Waals surface area contributed by atoms with Gasteiger partial charge in [-0.05, 0) is 71.0 Å². The van der Waals surface area contributed by atoms with Crippen LogP contribution in [0, 0.1) is 5.92 Å². The zero-order chi connectivity index (χ0) is 28.4. The molecule has 0 aliphatic carbocycles. The average molecular weight is 540 g/mol. The fourth-order valence-electron chi connectivity index (χ4n) is 4.81. The van der Waals surface area contributed by atoms with Gasteiger partial charge >= 0.3 is 0 Å². The second kappa shape index (κ2) is 15.0. The Morgan fingerprint density at radius 1 is 1.15 bits per heavy atom. The highest BCUT2D eigenvalue weighted by Gasteiger charge is 2.30. The Morgan fingerprint density at radius 3 is 2.59 bits per heavy atom. The summed E-state index contributed by atoms with van der Waals surface area (Å²) in [7, 11) is 4.03. The molecule has 214 valence electrons. The van der Waals surface area contributed by atoms with E-state index in [0.717, 1.165) is 31.4 Å². The number of hydrogen-bond donors (Lipinski definition) is 2. The van der Waals surface area contributed by atoms with E-state index >= 15 is 0 Å². The molecule has 2 aromatic rings. The molecule has 2 amide bonds. The molecule has 0 unspecified atom stereocenters. The highest BCUT2D eigenvalue weighted by molar-refractivity contribution is 6.00. The number of nitrogens with zero attached hydrogens (tertiary/aromatic N) is 2. The minimum atomic E-state index is -0.408. The van der Waals surface area contributed by atoms with Gasteiger partial charge in [0.2, 0.25) is 5.91 Å². The minimum absolute atomic E-state index is 0.0327. The van der Waals surface area contributed by atoms with Crippen LogP contribution in [-0.4, -0.2) is 85.4 Å². The lowest BCUT2D eigenvalue weighted by molar-refractivity contribution is -0.115. The molecule has 2 N–H and O–H groups in total. The summed E-state index contributed by atoms with van der Waals surface area (Å²) < 4.78 is 12.6. The second-order valence-corrected chi connectivity index (χ2v) is 11.0. The molecule has 39 heavy (non-hydrogen) atoms. The van der Waals surface area contributed by atoms with Crippen molar-refractivity contribution in [1.29, 1.82) is 0 Å². The van der Waals surface area contributed by atoms with Gasteiger partial charge in [0.05, 0.1) is 36.8 Å². The minimum Gasteiger partial charge on any atom is -0.490 e. The molecule has 1 aliphatic rings. The molecule has 0 saturated carbocycles. The molecule has 0 radical (unpaired) electrons. The predicted molar refractivity (Wildman–Crippen MR) is 154 cm³/mol. The molecule has 1 heterocycles. The van der Waals surface area contributed by atoms with E-state index in [-0.39, 0.29) is 43.0 Å². The number of carbonyl (C=O) groups excluding carboxylic acids is 2. The number of ether oxygens (including phenoxy) is 2. The predicted octanol–water partition coefficient (Wildman–Crippen LogP) is 4.22. The third-order valence-electron chi connectivity index (χ3n) is 7.09. The van der Waals surface area contributed by atoms with E-state index < -0.39 is 6.04 Å². The Bertz CT molecular complexity index is 1060. The number of fused-ring (bicyclic) bond motifs is 1. The van der Waals surface area contributed by atoms with Crippen molar-refractivity contribution in [2.75, 3.05) is 45.7 Å². The van der Waals surface area contributed by atoms with Gasteiger partial charge in [0.1, 0.15) is 5.75 Å². The lowest BCUT2D eigenvalue weighted by atomic mass is 10.0. The Morgan fingerprint density at radius 2 is 1.90 bits per heavy atom. The summed E-state index contributed by atoms with van der Waals surface area (Å²) in [6.07, 6.45) is 2.79. The van der Waals surface area contributed by atoms with Gasteiger partial charge in [0, 0.05) is 31.3 Å². The van der Waals surface area contributed by atoms with Crippen molar-refractivity contribution < 1.29 is 24.2 Å². The van der Waals surface area contributed by atoms with Crippen molar-refractivity contribution in [2.45, 2.75) is 64.7 Å². The van der Waals surface area contributed by atoms with Gasteiger partial charge in [0.25, 0.3) is 5.91 Å². The monoisotopic (exact) mass is 539 g/mol. The largest absolute Gasteiger partial charge is 0.490 e. The number of aliphatic hydroxyl groups is 1. The zero-order valence-corrected chi connectivity index (χ0v) is 24.1. The molecule has 4 atom stereocenters. The summed E-state index contributed by atoms with van der Waals surface area (Å²) in [5.41, 5.74) is 1.81. The number of aliphatic hydroxyl groups excluding tert-OH is 1. The van der Waals surface area contributed by atoms with Crippen molar-refractivity contribution in [1.82, 2.24) is 9.80 Å². The number of benzene rings is 2. The van der Waals surface area contributed by atoms with Gasteiger partial charge in [-0.2, -0.15) is 0 Å². The SMILES string of the molecule is C[C@@H]1CCCCO[C@H](CN(C)C)[C@@H](C)CN([C@H](C)CO)C(=O)c2cc(NC(=O)Cc3ccccc3)ccc2O1. The summed E-state index contributed by atoms with van der Waals surface area (Å²) in [5.74, 6) is 0.104. The number of anilines is 1. The first-order chi connectivity index (χ1) is 18.7. The third kappa shape index (κ3) is 9.34. The van der Waals surface area contributed by atoms with Crippen LogP contribution in [0.4, 0.5) is 5.69 Å². The fourth-order valence-corrected chi connectivity index (χ4v) is 4.81. The van der Waals surface area contributed by atoms with Crippen molar-refractivity contribution in [3.63, 3.8) is 0 Å². The van der Waals surface area contributed by atoms with Crippen molar-refractivity contribution >= 4 is 17.5 Å². The summed E-state index contributed by atoms with van der Waals surface area (Å²) >= 11 is 0. The lowest BCUT2D eigenvalue weighted by Crippen LogP contribution is -2.47. The first-order valence-electron chi connectivity index (χ1n) is 14.0. The molecule has 0 aromatic heterocycles. The maximum Gasteiger partial charge on any atom is 0.258 e. The van der Waals surface area contributed by atoms with E-state index in [9.17, 15) is 14.7 Å². The van der Waals surface area contributed by atoms with Crippen LogP contribution in [0.1, 0.15) is 56.0 Å². The van der Waals surface area contributed by atoms with Gasteiger partial charge in [-0.15, -0.1) is 0 Å². The summed E-state index contributed by atoms with van der Waals surface area (Å²) in [6, 6.07) is 14.3. The first-order valence-corrected chi connectivity index (χ1v) is 14.0. The summed E-state index contributed by atoms with van der Waals surface area (Å²) in [6.45, 7) is 7.57. The number of likely N-dealkylation sites (N-methyl/N-ethyl adjacent to an activating group) is 1. The van der Waals surface area contributed by atoms with E-state index in [0.29, 0.717) is 30.2 Å². The van der Waals surface area contributed by atoms with Crippen molar-refractivity contribution in [3.8, 4) is 5.75 Å². The Labute approximate surface area is 233 Å². The van der Waals surface area contributed by atoms with Gasteiger partial charge in [-0.25, -0.2) is 0 Å². The van der Waals surface area contributed by atoms with Crippen LogP contribution in [0.15, 0.2) is 48.5 Å².